The van der Waals surface area contributed by atoms with Gasteiger partial charge in [0.1, 0.15) is 11.5 Å². The number of carbonyl (C=O) groups excluding carboxylic acids is 1. The summed E-state index contributed by atoms with van der Waals surface area (Å²) >= 11 is 0. The molecular weight excluding hydrogens is 304 g/mol. The first-order valence-electron chi connectivity index (χ1n) is 6.53. The number of hydrogen-bond acceptors (Lipinski definition) is 4. The van der Waals surface area contributed by atoms with Crippen LogP contribution < -0.4 is 15.2 Å². The zero-order chi connectivity index (χ0) is 16.2. The van der Waals surface area contributed by atoms with Gasteiger partial charge in [-0.05, 0) is 43.3 Å². The lowest BCUT2D eigenvalue weighted by molar-refractivity contribution is -0.119. The van der Waals surface area contributed by atoms with Crippen LogP contribution in [0.2, 0.25) is 0 Å². The average Bonchev–Trinajstić information content (AvgIpc) is 2.48. The first kappa shape index (κ1) is 16.0. The summed E-state index contributed by atoms with van der Waals surface area (Å²) in [5, 5.41) is 0. The van der Waals surface area contributed by atoms with E-state index >= 15 is 0 Å². The molecule has 2 aromatic rings. The van der Waals surface area contributed by atoms with E-state index in [9.17, 15) is 13.2 Å². The van der Waals surface area contributed by atoms with Crippen LogP contribution >= 0.6 is 0 Å². The second kappa shape index (κ2) is 6.59. The number of nitrogens with two attached hydrogens (primary N) is 1. The second-order valence-corrected chi connectivity index (χ2v) is 6.35. The van der Waals surface area contributed by atoms with Gasteiger partial charge in [0.05, 0.1) is 10.9 Å². The van der Waals surface area contributed by atoms with E-state index in [1.807, 2.05) is 18.2 Å². The molecule has 2 rings (SSSR count). The van der Waals surface area contributed by atoms with Gasteiger partial charge in [-0.15, -0.1) is 0 Å². The summed E-state index contributed by atoms with van der Waals surface area (Å²) in [6, 6.07) is 14.0. The molecule has 0 saturated heterocycles. The number of carbonyl (C=O) groups is 1. The maximum absolute atomic E-state index is 12.1. The predicted octanol–water partition coefficient (Wildman–Crippen LogP) is 1.63. The second-order valence-electron chi connectivity index (χ2n) is 4.63. The summed E-state index contributed by atoms with van der Waals surface area (Å²) in [6.45, 7) is 1.38. The fraction of sp³-hybridized carbons (Fsp3) is 0.133. The zero-order valence-electron chi connectivity index (χ0n) is 11.9. The predicted molar refractivity (Wildman–Crippen MR) is 81.9 cm³/mol. The zero-order valence-corrected chi connectivity index (χ0v) is 12.7. The van der Waals surface area contributed by atoms with Crippen molar-refractivity contribution < 1.29 is 17.9 Å². The number of ether oxygens (including phenoxy) is 1. The molecule has 0 unspecified atom stereocenters. The Morgan fingerprint density at radius 1 is 1.05 bits per heavy atom. The number of nitrogens with one attached hydrogen (secondary N) is 1. The Labute approximate surface area is 129 Å². The van der Waals surface area contributed by atoms with E-state index in [2.05, 4.69) is 4.72 Å². The lowest BCUT2D eigenvalue weighted by atomic mass is 10.3. The Balaban J connectivity index is 2.13. The van der Waals surface area contributed by atoms with Gasteiger partial charge in [-0.2, -0.15) is 4.72 Å². The molecule has 3 N–H and O–H groups in total. The summed E-state index contributed by atoms with van der Waals surface area (Å²) in [6.07, 6.45) is 0. The Kier molecular flexibility index (Phi) is 4.79. The van der Waals surface area contributed by atoms with E-state index in [4.69, 9.17) is 10.5 Å². The van der Waals surface area contributed by atoms with Gasteiger partial charge in [-0.3, -0.25) is 4.79 Å². The Hall–Kier alpha value is -2.38. The van der Waals surface area contributed by atoms with Crippen molar-refractivity contribution in [1.82, 2.24) is 4.72 Å². The molecule has 7 heteroatoms. The van der Waals surface area contributed by atoms with Crippen molar-refractivity contribution in [2.24, 2.45) is 5.73 Å². The molecule has 0 fully saturated rings. The largest absolute Gasteiger partial charge is 0.457 e. The van der Waals surface area contributed by atoms with Gasteiger partial charge >= 0.3 is 0 Å². The van der Waals surface area contributed by atoms with Crippen LogP contribution in [0.25, 0.3) is 0 Å². The number of primary amides is 1. The maximum Gasteiger partial charge on any atom is 0.241 e. The number of para-hydroxylation sites is 1. The summed E-state index contributed by atoms with van der Waals surface area (Å²) in [4.78, 5) is 11.0. The molecule has 0 aliphatic heterocycles. The highest BCUT2D eigenvalue weighted by Gasteiger charge is 2.20. The van der Waals surface area contributed by atoms with E-state index < -0.39 is 22.0 Å². The van der Waals surface area contributed by atoms with Crippen molar-refractivity contribution in [3.05, 3.63) is 54.6 Å². The third-order valence-corrected chi connectivity index (χ3v) is 4.43. The number of amides is 1. The molecule has 0 aliphatic carbocycles. The number of sulfonamides is 1. The normalized spacial score (nSPS) is 12.6. The molecule has 2 aromatic carbocycles. The molecule has 0 radical (unpaired) electrons. The molecule has 0 saturated carbocycles. The van der Waals surface area contributed by atoms with E-state index in [0.717, 1.165) is 0 Å². The number of hydrogen-bond donors (Lipinski definition) is 2. The standard InChI is InChI=1S/C15H16N2O4S/c1-11(15(16)18)17-22(19,20)14-9-7-13(8-10-14)21-12-5-3-2-4-6-12/h2-11,17H,1H3,(H2,16,18)/t11-/m0/s1. The third kappa shape index (κ3) is 4.06. The first-order valence-corrected chi connectivity index (χ1v) is 8.01. The maximum atomic E-state index is 12.1. The molecular formula is C15H16N2O4S. The summed E-state index contributed by atoms with van der Waals surface area (Å²) in [7, 11) is -3.80. The van der Waals surface area contributed by atoms with E-state index in [0.29, 0.717) is 11.5 Å². The lowest BCUT2D eigenvalue weighted by Gasteiger charge is -2.11. The highest BCUT2D eigenvalue weighted by Crippen LogP contribution is 2.22. The summed E-state index contributed by atoms with van der Waals surface area (Å²) in [5.74, 6) is 0.416. The van der Waals surface area contributed by atoms with Gasteiger partial charge in [-0.1, -0.05) is 18.2 Å². The Bertz CT molecular complexity index is 743. The molecule has 6 nitrogen and oxygen atoms in total. The van der Waals surface area contributed by atoms with Gasteiger partial charge in [0.15, 0.2) is 0 Å². The van der Waals surface area contributed by atoms with Crippen LogP contribution in [0.5, 0.6) is 11.5 Å². The molecule has 22 heavy (non-hydrogen) atoms. The van der Waals surface area contributed by atoms with Crippen LogP contribution in [-0.2, 0) is 14.8 Å². The molecule has 0 bridgehead atoms. The van der Waals surface area contributed by atoms with Crippen LogP contribution in [0.1, 0.15) is 6.92 Å². The molecule has 0 aromatic heterocycles. The van der Waals surface area contributed by atoms with Crippen LogP contribution in [0, 0.1) is 0 Å². The van der Waals surface area contributed by atoms with Crippen molar-refractivity contribution in [2.75, 3.05) is 0 Å². The van der Waals surface area contributed by atoms with E-state index in [1.165, 1.54) is 31.2 Å². The molecule has 0 spiro atoms. The average molecular weight is 320 g/mol. The first-order chi connectivity index (χ1) is 10.4. The smallest absolute Gasteiger partial charge is 0.241 e. The molecule has 0 aliphatic rings. The van der Waals surface area contributed by atoms with Gasteiger partial charge < -0.3 is 10.5 Å². The number of benzene rings is 2. The number of rotatable bonds is 6. The fourth-order valence-corrected chi connectivity index (χ4v) is 2.88. The monoisotopic (exact) mass is 320 g/mol. The third-order valence-electron chi connectivity index (χ3n) is 2.87. The fourth-order valence-electron chi connectivity index (χ4n) is 1.67. The van der Waals surface area contributed by atoms with E-state index in [1.54, 1.807) is 12.1 Å². The lowest BCUT2D eigenvalue weighted by Crippen LogP contribution is -2.42. The van der Waals surface area contributed by atoms with Crippen molar-refractivity contribution in [3.8, 4) is 11.5 Å². The Morgan fingerprint density at radius 2 is 1.59 bits per heavy atom. The van der Waals surface area contributed by atoms with Crippen molar-refractivity contribution >= 4 is 15.9 Å². The van der Waals surface area contributed by atoms with Crippen molar-refractivity contribution in [3.63, 3.8) is 0 Å². The Morgan fingerprint density at radius 3 is 2.14 bits per heavy atom. The molecule has 0 heterocycles. The minimum Gasteiger partial charge on any atom is -0.457 e. The topological polar surface area (TPSA) is 98.5 Å². The van der Waals surface area contributed by atoms with Gasteiger partial charge in [0.2, 0.25) is 15.9 Å². The molecule has 1 atom stereocenters. The van der Waals surface area contributed by atoms with Crippen molar-refractivity contribution in [1.29, 1.82) is 0 Å². The molecule has 1 amide bonds. The quantitative estimate of drug-likeness (QED) is 0.845. The van der Waals surface area contributed by atoms with Crippen molar-refractivity contribution in [2.45, 2.75) is 17.9 Å². The van der Waals surface area contributed by atoms with Gasteiger partial charge in [-0.25, -0.2) is 8.42 Å². The van der Waals surface area contributed by atoms with Crippen LogP contribution in [0.3, 0.4) is 0 Å². The molecule has 116 valence electrons. The minimum absolute atomic E-state index is 0.0287. The SMILES string of the molecule is C[C@H](NS(=O)(=O)c1ccc(Oc2ccccc2)cc1)C(N)=O. The summed E-state index contributed by atoms with van der Waals surface area (Å²) in [5.41, 5.74) is 5.05. The summed E-state index contributed by atoms with van der Waals surface area (Å²) < 4.78 is 31.9. The van der Waals surface area contributed by atoms with Gasteiger partial charge in [0.25, 0.3) is 0 Å². The highest BCUT2D eigenvalue weighted by atomic mass is 32.2. The van der Waals surface area contributed by atoms with Gasteiger partial charge in [0, 0.05) is 0 Å². The minimum atomic E-state index is -3.80. The van der Waals surface area contributed by atoms with Crippen LogP contribution in [-0.4, -0.2) is 20.4 Å². The van der Waals surface area contributed by atoms with E-state index in [-0.39, 0.29) is 4.90 Å². The van der Waals surface area contributed by atoms with Crippen LogP contribution in [0.4, 0.5) is 0 Å². The highest BCUT2D eigenvalue weighted by molar-refractivity contribution is 7.89. The van der Waals surface area contributed by atoms with Crippen LogP contribution in [0.15, 0.2) is 59.5 Å².